The van der Waals surface area contributed by atoms with E-state index in [1.807, 2.05) is 19.9 Å². The smallest absolute Gasteiger partial charge is 0.423 e. The number of nitrogens with zero attached hydrogens (tertiary/aromatic N) is 2. The van der Waals surface area contributed by atoms with E-state index in [1.54, 1.807) is 42.5 Å². The normalized spacial score (nSPS) is 34.1. The summed E-state index contributed by atoms with van der Waals surface area (Å²) in [5, 5.41) is 2.48. The van der Waals surface area contributed by atoms with Gasteiger partial charge >= 0.3 is 12.2 Å². The summed E-state index contributed by atoms with van der Waals surface area (Å²) in [5.74, 6) is -1.07. The number of methoxy groups -OCH3 is 1. The van der Waals surface area contributed by atoms with E-state index in [9.17, 15) is 14.4 Å². The lowest BCUT2D eigenvalue weighted by Gasteiger charge is -2.59. The maximum atomic E-state index is 13.9. The molecule has 1 N–H and O–H groups in total. The van der Waals surface area contributed by atoms with Crippen LogP contribution in [0.4, 0.5) is 15.5 Å². The molecular formula is C32H35N3O9. The minimum absolute atomic E-state index is 0.0540. The van der Waals surface area contributed by atoms with Gasteiger partial charge in [0.25, 0.3) is 0 Å². The second kappa shape index (κ2) is 10.7. The van der Waals surface area contributed by atoms with Crippen LogP contribution in [0.2, 0.25) is 0 Å². The number of amides is 1. The largest absolute Gasteiger partial charge is 0.453 e. The minimum atomic E-state index is -0.980. The van der Waals surface area contributed by atoms with Gasteiger partial charge in [0.15, 0.2) is 17.7 Å². The third-order valence-electron chi connectivity index (χ3n) is 9.85. The Morgan fingerprint density at radius 3 is 2.57 bits per heavy atom. The molecule has 12 heteroatoms. The fraction of sp³-hybridized carbons (Fsp3) is 0.500. The van der Waals surface area contributed by atoms with E-state index in [2.05, 4.69) is 17.2 Å². The van der Waals surface area contributed by atoms with Crippen molar-refractivity contribution in [2.75, 3.05) is 12.4 Å². The maximum Gasteiger partial charge on any atom is 0.423 e. The predicted octanol–water partition coefficient (Wildman–Crippen LogP) is 5.64. The zero-order valence-corrected chi connectivity index (χ0v) is 25.0. The van der Waals surface area contributed by atoms with Gasteiger partial charge in [-0.2, -0.15) is 0 Å². The maximum absolute atomic E-state index is 13.9. The molecule has 44 heavy (non-hydrogen) atoms. The molecule has 1 spiro atoms. The standard InChI is InChI=1S/C32H35N3O9/c1-17-10-12-22-18(2)26(40-27-32(22)21(17)14-15-31(3,42-27)43-44-32)41-30(38)35-24-13-11-20(25(36)19-8-6-5-7-9-19)16-23(24)33-28(35)34-29(37)39-4/h5-9,11,13,16-18,21-22,26-27H,10,12,14-15H2,1-4H3,(H,33,34,37)/t17-,18-,21+,22+,26-,27-,31+,32-/m1/s1. The summed E-state index contributed by atoms with van der Waals surface area (Å²) in [6.45, 7) is 6.04. The number of ketones is 1. The van der Waals surface area contributed by atoms with Gasteiger partial charge in [0, 0.05) is 29.4 Å². The Hall–Kier alpha value is -3.84. The van der Waals surface area contributed by atoms with Crippen LogP contribution in [-0.4, -0.2) is 58.6 Å². The number of benzene rings is 2. The van der Waals surface area contributed by atoms with Gasteiger partial charge in [0.05, 0.1) is 18.1 Å². The van der Waals surface area contributed by atoms with Gasteiger partial charge in [0.1, 0.15) is 0 Å². The van der Waals surface area contributed by atoms with Crippen molar-refractivity contribution >= 4 is 35.0 Å². The molecule has 232 valence electrons. The molecule has 4 saturated heterocycles. The molecule has 0 unspecified atom stereocenters. The minimum Gasteiger partial charge on any atom is -0.453 e. The van der Waals surface area contributed by atoms with Gasteiger partial charge < -0.3 is 18.9 Å². The molecule has 1 aliphatic carbocycles. The molecule has 2 bridgehead atoms. The lowest BCUT2D eigenvalue weighted by molar-refractivity contribution is -0.576. The van der Waals surface area contributed by atoms with E-state index in [-0.39, 0.29) is 29.5 Å². The second-order valence-electron chi connectivity index (χ2n) is 12.4. The van der Waals surface area contributed by atoms with Gasteiger partial charge in [-0.25, -0.2) is 28.9 Å². The van der Waals surface area contributed by atoms with E-state index in [4.69, 9.17) is 28.7 Å². The number of fused-ring (bicyclic) bond motifs is 3. The third-order valence-corrected chi connectivity index (χ3v) is 9.85. The van der Waals surface area contributed by atoms with Crippen LogP contribution >= 0.6 is 0 Å². The monoisotopic (exact) mass is 605 g/mol. The van der Waals surface area contributed by atoms with Crippen LogP contribution in [0.15, 0.2) is 48.5 Å². The molecule has 2 aromatic carbocycles. The Labute approximate surface area is 253 Å². The Balaban J connectivity index is 1.21. The summed E-state index contributed by atoms with van der Waals surface area (Å²) in [6, 6.07) is 13.6. The molecule has 12 nitrogen and oxygen atoms in total. The fourth-order valence-electron chi connectivity index (χ4n) is 7.55. The van der Waals surface area contributed by atoms with Crippen molar-refractivity contribution in [1.29, 1.82) is 0 Å². The number of nitrogens with one attached hydrogen (secondary N) is 1. The number of aromatic nitrogens is 2. The first-order valence-corrected chi connectivity index (χ1v) is 15.0. The zero-order chi connectivity index (χ0) is 30.8. The topological polar surface area (TPSA) is 136 Å². The molecule has 3 aromatic rings. The average Bonchev–Trinajstić information content (AvgIpc) is 3.22. The summed E-state index contributed by atoms with van der Waals surface area (Å²) in [6.07, 6.45) is -0.0562. The first-order chi connectivity index (χ1) is 21.1. The van der Waals surface area contributed by atoms with E-state index in [0.717, 1.165) is 23.8 Å². The zero-order valence-electron chi connectivity index (χ0n) is 25.0. The van der Waals surface area contributed by atoms with Crippen molar-refractivity contribution < 1.29 is 43.1 Å². The highest BCUT2D eigenvalue weighted by atomic mass is 17.3. The fourth-order valence-corrected chi connectivity index (χ4v) is 7.55. The quantitative estimate of drug-likeness (QED) is 0.294. The summed E-state index contributed by atoms with van der Waals surface area (Å²) >= 11 is 0. The first kappa shape index (κ1) is 28.9. The molecule has 1 aromatic heterocycles. The van der Waals surface area contributed by atoms with Crippen LogP contribution < -0.4 is 5.32 Å². The van der Waals surface area contributed by atoms with Gasteiger partial charge in [-0.1, -0.05) is 44.2 Å². The van der Waals surface area contributed by atoms with Crippen LogP contribution in [0.1, 0.15) is 62.4 Å². The van der Waals surface area contributed by atoms with Crippen LogP contribution in [0.25, 0.3) is 11.0 Å². The summed E-state index contributed by atoms with van der Waals surface area (Å²) < 4.78 is 24.7. The number of hydrogen-bond acceptors (Lipinski definition) is 10. The Kier molecular flexibility index (Phi) is 7.00. The number of ether oxygens (including phenoxy) is 4. The Morgan fingerprint density at radius 2 is 1.80 bits per heavy atom. The summed E-state index contributed by atoms with van der Waals surface area (Å²) in [4.78, 5) is 55.7. The molecule has 5 aliphatic rings. The number of rotatable bonds is 4. The number of carbonyl (C=O) groups is 3. The molecule has 4 aliphatic heterocycles. The van der Waals surface area contributed by atoms with Gasteiger partial charge in [-0.3, -0.25) is 10.1 Å². The molecule has 8 atom stereocenters. The van der Waals surface area contributed by atoms with Crippen molar-refractivity contribution in [3.05, 3.63) is 59.7 Å². The average molecular weight is 606 g/mol. The van der Waals surface area contributed by atoms with E-state index < -0.39 is 36.2 Å². The van der Waals surface area contributed by atoms with E-state index in [1.165, 1.54) is 7.11 Å². The summed E-state index contributed by atoms with van der Waals surface area (Å²) in [5.41, 5.74) is 0.706. The van der Waals surface area contributed by atoms with Crippen molar-refractivity contribution in [3.8, 4) is 0 Å². The SMILES string of the molecule is COC(=O)Nc1nc2cc(C(=O)c3ccccc3)ccc2n1C(=O)O[C@H]1O[C@@H]2O[C@]3(C)CC[C@H]4[C@H](C)CC[C@@H]([C@H]1C)[C@@]24OO3. The van der Waals surface area contributed by atoms with Gasteiger partial charge in [0.2, 0.25) is 18.0 Å². The highest BCUT2D eigenvalue weighted by molar-refractivity contribution is 6.10. The molecule has 1 amide bonds. The molecule has 5 fully saturated rings. The van der Waals surface area contributed by atoms with Gasteiger partial charge in [-0.15, -0.1) is 0 Å². The summed E-state index contributed by atoms with van der Waals surface area (Å²) in [7, 11) is 1.20. The van der Waals surface area contributed by atoms with Crippen molar-refractivity contribution in [2.45, 2.75) is 70.4 Å². The van der Waals surface area contributed by atoms with Crippen molar-refractivity contribution in [1.82, 2.24) is 9.55 Å². The molecule has 8 rings (SSSR count). The van der Waals surface area contributed by atoms with E-state index >= 15 is 0 Å². The molecule has 0 radical (unpaired) electrons. The van der Waals surface area contributed by atoms with Crippen LogP contribution in [-0.2, 0) is 28.7 Å². The second-order valence-corrected chi connectivity index (χ2v) is 12.4. The highest BCUT2D eigenvalue weighted by Gasteiger charge is 2.69. The van der Waals surface area contributed by atoms with Gasteiger partial charge in [-0.05, 0) is 56.2 Å². The number of hydrogen-bond donors (Lipinski definition) is 1. The highest BCUT2D eigenvalue weighted by Crippen LogP contribution is 2.60. The Morgan fingerprint density at radius 1 is 1.00 bits per heavy atom. The van der Waals surface area contributed by atoms with Crippen LogP contribution in [0.5, 0.6) is 0 Å². The number of carbonyl (C=O) groups excluding carboxylic acids is 3. The van der Waals surface area contributed by atoms with Crippen LogP contribution in [0.3, 0.4) is 0 Å². The third kappa shape index (κ3) is 4.50. The first-order valence-electron chi connectivity index (χ1n) is 15.0. The van der Waals surface area contributed by atoms with Crippen molar-refractivity contribution in [2.24, 2.45) is 23.7 Å². The molecular weight excluding hydrogens is 570 g/mol. The predicted molar refractivity (Wildman–Crippen MR) is 154 cm³/mol. The van der Waals surface area contributed by atoms with E-state index in [0.29, 0.717) is 34.5 Å². The molecule has 1 saturated carbocycles. The lowest BCUT2D eigenvalue weighted by Crippen LogP contribution is -2.70. The van der Waals surface area contributed by atoms with Crippen LogP contribution in [0, 0.1) is 23.7 Å². The number of anilines is 1. The number of imidazole rings is 1. The molecule has 5 heterocycles. The van der Waals surface area contributed by atoms with Crippen molar-refractivity contribution in [3.63, 3.8) is 0 Å². The lowest BCUT2D eigenvalue weighted by atomic mass is 9.58. The Bertz CT molecular complexity index is 1630.